The van der Waals surface area contributed by atoms with E-state index in [4.69, 9.17) is 4.74 Å². The molecular formula is C14H17NO3. The summed E-state index contributed by atoms with van der Waals surface area (Å²) in [7, 11) is 0. The average Bonchev–Trinajstić information content (AvgIpc) is 2.85. The first-order valence-electron chi connectivity index (χ1n) is 6.35. The molecule has 1 unspecified atom stereocenters. The van der Waals surface area contributed by atoms with Gasteiger partial charge in [0.2, 0.25) is 0 Å². The number of nitrogens with zero attached hydrogens (tertiary/aromatic N) is 1. The van der Waals surface area contributed by atoms with E-state index in [9.17, 15) is 9.90 Å². The lowest BCUT2D eigenvalue weighted by Gasteiger charge is -2.22. The molecule has 2 aliphatic rings. The summed E-state index contributed by atoms with van der Waals surface area (Å²) in [6.07, 6.45) is -0.429. The van der Waals surface area contributed by atoms with Crippen molar-refractivity contribution in [2.45, 2.75) is 44.2 Å². The predicted molar refractivity (Wildman–Crippen MR) is 65.7 cm³/mol. The molecule has 1 aromatic carbocycles. The lowest BCUT2D eigenvalue weighted by atomic mass is 10.1. The number of benzene rings is 1. The van der Waals surface area contributed by atoms with Crippen molar-refractivity contribution in [2.24, 2.45) is 0 Å². The fourth-order valence-electron chi connectivity index (χ4n) is 2.93. The van der Waals surface area contributed by atoms with Gasteiger partial charge in [-0.25, -0.2) is 0 Å². The van der Waals surface area contributed by atoms with Crippen LogP contribution in [0.5, 0.6) is 0 Å². The van der Waals surface area contributed by atoms with E-state index >= 15 is 0 Å². The molecule has 2 fully saturated rings. The Kier molecular flexibility index (Phi) is 2.84. The van der Waals surface area contributed by atoms with Crippen molar-refractivity contribution in [1.82, 2.24) is 4.90 Å². The van der Waals surface area contributed by atoms with Gasteiger partial charge in [0.15, 0.2) is 6.10 Å². The van der Waals surface area contributed by atoms with Crippen molar-refractivity contribution in [2.75, 3.05) is 0 Å². The van der Waals surface area contributed by atoms with Crippen molar-refractivity contribution >= 4 is 5.91 Å². The Hall–Kier alpha value is -1.39. The summed E-state index contributed by atoms with van der Waals surface area (Å²) in [5.41, 5.74) is 1.08. The number of rotatable bonds is 2. The fraction of sp³-hybridized carbons (Fsp3) is 0.500. The zero-order valence-electron chi connectivity index (χ0n) is 10.3. The smallest absolute Gasteiger partial charge is 0.254 e. The zero-order chi connectivity index (χ0) is 12.7. The SMILES string of the molecule is CC1C[C@H]2[C@@H](O1)[C@H](O)C(=O)N2Cc1ccccc1. The summed E-state index contributed by atoms with van der Waals surface area (Å²) in [5, 5.41) is 9.92. The van der Waals surface area contributed by atoms with E-state index in [1.165, 1.54) is 0 Å². The Bertz CT molecular complexity index is 448. The molecule has 0 aromatic heterocycles. The average molecular weight is 247 g/mol. The summed E-state index contributed by atoms with van der Waals surface area (Å²) in [4.78, 5) is 13.8. The monoisotopic (exact) mass is 247 g/mol. The number of hydrogen-bond donors (Lipinski definition) is 1. The molecule has 2 saturated heterocycles. The molecule has 0 saturated carbocycles. The zero-order valence-corrected chi connectivity index (χ0v) is 10.3. The highest BCUT2D eigenvalue weighted by molar-refractivity contribution is 5.84. The van der Waals surface area contributed by atoms with E-state index in [1.807, 2.05) is 37.3 Å². The Morgan fingerprint density at radius 2 is 2.11 bits per heavy atom. The molecule has 0 aliphatic carbocycles. The minimum Gasteiger partial charge on any atom is -0.380 e. The second-order valence-electron chi connectivity index (χ2n) is 5.11. The van der Waals surface area contributed by atoms with Gasteiger partial charge >= 0.3 is 0 Å². The Labute approximate surface area is 106 Å². The first kappa shape index (κ1) is 11.7. The van der Waals surface area contributed by atoms with E-state index in [1.54, 1.807) is 4.90 Å². The van der Waals surface area contributed by atoms with Gasteiger partial charge < -0.3 is 14.7 Å². The highest BCUT2D eigenvalue weighted by atomic mass is 16.5. The molecule has 0 spiro atoms. The van der Waals surface area contributed by atoms with Crippen LogP contribution in [0.4, 0.5) is 0 Å². The maximum Gasteiger partial charge on any atom is 0.254 e. The number of aliphatic hydroxyl groups is 1. The number of aliphatic hydroxyl groups excluding tert-OH is 1. The van der Waals surface area contributed by atoms with Crippen LogP contribution >= 0.6 is 0 Å². The second-order valence-corrected chi connectivity index (χ2v) is 5.11. The molecule has 0 radical (unpaired) electrons. The van der Waals surface area contributed by atoms with E-state index < -0.39 is 6.10 Å². The molecule has 1 amide bonds. The van der Waals surface area contributed by atoms with Gasteiger partial charge in [-0.3, -0.25) is 4.79 Å². The molecule has 4 heteroatoms. The quantitative estimate of drug-likeness (QED) is 0.846. The van der Waals surface area contributed by atoms with Gasteiger partial charge in [-0.1, -0.05) is 30.3 Å². The van der Waals surface area contributed by atoms with Crippen LogP contribution in [0.15, 0.2) is 30.3 Å². The molecular weight excluding hydrogens is 230 g/mol. The lowest BCUT2D eigenvalue weighted by molar-refractivity contribution is -0.138. The summed E-state index contributed by atoms with van der Waals surface area (Å²) >= 11 is 0. The maximum atomic E-state index is 12.0. The van der Waals surface area contributed by atoms with Gasteiger partial charge in [0, 0.05) is 6.54 Å². The molecule has 4 atom stereocenters. The molecule has 0 bridgehead atoms. The molecule has 18 heavy (non-hydrogen) atoms. The van der Waals surface area contributed by atoms with Crippen molar-refractivity contribution in [1.29, 1.82) is 0 Å². The molecule has 2 aliphatic heterocycles. The minimum atomic E-state index is -0.997. The van der Waals surface area contributed by atoms with E-state index in [0.29, 0.717) is 6.54 Å². The molecule has 2 heterocycles. The molecule has 1 N–H and O–H groups in total. The number of hydrogen-bond acceptors (Lipinski definition) is 3. The third kappa shape index (κ3) is 1.82. The fourth-order valence-corrected chi connectivity index (χ4v) is 2.93. The van der Waals surface area contributed by atoms with Crippen LogP contribution in [0.3, 0.4) is 0 Å². The normalized spacial score (nSPS) is 35.0. The Morgan fingerprint density at radius 1 is 1.39 bits per heavy atom. The number of amides is 1. The van der Waals surface area contributed by atoms with Gasteiger partial charge in [0.25, 0.3) is 5.91 Å². The summed E-state index contributed by atoms with van der Waals surface area (Å²) in [6.45, 7) is 2.53. The lowest BCUT2D eigenvalue weighted by Crippen LogP contribution is -2.34. The molecule has 1 aromatic rings. The highest BCUT2D eigenvalue weighted by Crippen LogP contribution is 2.34. The van der Waals surface area contributed by atoms with E-state index in [0.717, 1.165) is 12.0 Å². The van der Waals surface area contributed by atoms with Crippen molar-refractivity contribution < 1.29 is 14.6 Å². The van der Waals surface area contributed by atoms with Crippen LogP contribution in [0.2, 0.25) is 0 Å². The number of ether oxygens (including phenoxy) is 1. The van der Waals surface area contributed by atoms with Crippen LogP contribution in [-0.2, 0) is 16.1 Å². The highest BCUT2D eigenvalue weighted by Gasteiger charge is 2.52. The minimum absolute atomic E-state index is 0.0164. The third-order valence-electron chi connectivity index (χ3n) is 3.79. The number of likely N-dealkylation sites (tertiary alicyclic amines) is 1. The van der Waals surface area contributed by atoms with E-state index in [-0.39, 0.29) is 24.2 Å². The first-order chi connectivity index (χ1) is 8.66. The van der Waals surface area contributed by atoms with Gasteiger partial charge in [-0.2, -0.15) is 0 Å². The van der Waals surface area contributed by atoms with E-state index in [2.05, 4.69) is 0 Å². The summed E-state index contributed by atoms with van der Waals surface area (Å²) in [6, 6.07) is 9.86. The summed E-state index contributed by atoms with van der Waals surface area (Å²) < 4.78 is 5.62. The number of fused-ring (bicyclic) bond motifs is 1. The van der Waals surface area contributed by atoms with Crippen LogP contribution in [-0.4, -0.2) is 40.3 Å². The standard InChI is InChI=1S/C14H17NO3/c1-9-7-11-13(18-9)12(16)14(17)15(11)8-10-5-3-2-4-6-10/h2-6,9,11-13,16H,7-8H2,1H3/t9?,11-,12-,13+/m0/s1. The van der Waals surface area contributed by atoms with Crippen LogP contribution in [0.25, 0.3) is 0 Å². The van der Waals surface area contributed by atoms with Gasteiger partial charge in [-0.15, -0.1) is 0 Å². The van der Waals surface area contributed by atoms with Crippen molar-refractivity contribution in [3.05, 3.63) is 35.9 Å². The Morgan fingerprint density at radius 3 is 2.83 bits per heavy atom. The Balaban J connectivity index is 1.81. The second kappa shape index (κ2) is 4.37. The maximum absolute atomic E-state index is 12.0. The summed E-state index contributed by atoms with van der Waals surface area (Å²) in [5.74, 6) is -0.208. The van der Waals surface area contributed by atoms with Gasteiger partial charge in [0.05, 0.1) is 12.1 Å². The molecule has 3 rings (SSSR count). The predicted octanol–water partition coefficient (Wildman–Crippen LogP) is 0.936. The van der Waals surface area contributed by atoms with Crippen molar-refractivity contribution in [3.8, 4) is 0 Å². The van der Waals surface area contributed by atoms with Crippen LogP contribution < -0.4 is 0 Å². The molecule has 96 valence electrons. The molecule has 4 nitrogen and oxygen atoms in total. The van der Waals surface area contributed by atoms with Crippen LogP contribution in [0.1, 0.15) is 18.9 Å². The largest absolute Gasteiger partial charge is 0.380 e. The number of carbonyl (C=O) groups is 1. The topological polar surface area (TPSA) is 49.8 Å². The number of carbonyl (C=O) groups excluding carboxylic acids is 1. The van der Waals surface area contributed by atoms with Gasteiger partial charge in [0.1, 0.15) is 6.10 Å². The van der Waals surface area contributed by atoms with Crippen molar-refractivity contribution in [3.63, 3.8) is 0 Å². The third-order valence-corrected chi connectivity index (χ3v) is 3.79. The van der Waals surface area contributed by atoms with Gasteiger partial charge in [-0.05, 0) is 18.9 Å². The first-order valence-corrected chi connectivity index (χ1v) is 6.35. The van der Waals surface area contributed by atoms with Crippen LogP contribution in [0, 0.1) is 0 Å².